The van der Waals surface area contributed by atoms with E-state index in [9.17, 15) is 20.1 Å². The third-order valence-electron chi connectivity index (χ3n) is 15.4. The van der Waals surface area contributed by atoms with Gasteiger partial charge in [0.1, 0.15) is 17.3 Å². The summed E-state index contributed by atoms with van der Waals surface area (Å²) < 4.78 is 17.6. The van der Waals surface area contributed by atoms with E-state index in [2.05, 4.69) is 26.9 Å². The molecule has 1 aromatic heterocycles. The largest absolute Gasteiger partial charge is 0.496 e. The highest BCUT2D eigenvalue weighted by atomic mass is 16.5. The van der Waals surface area contributed by atoms with Crippen molar-refractivity contribution in [1.82, 2.24) is 14.8 Å². The van der Waals surface area contributed by atoms with Gasteiger partial charge in [-0.3, -0.25) is 14.6 Å². The van der Waals surface area contributed by atoms with E-state index in [1.807, 2.05) is 62.2 Å². The molecule has 5 aliphatic heterocycles. The highest BCUT2D eigenvalue weighted by Crippen LogP contribution is 2.67. The Hall–Kier alpha value is -3.94. The predicted molar refractivity (Wildman–Crippen MR) is 211 cm³/mol. The molecule has 12 nitrogen and oxygen atoms in total. The van der Waals surface area contributed by atoms with E-state index in [1.54, 1.807) is 7.11 Å². The Kier molecular flexibility index (Phi) is 8.59. The van der Waals surface area contributed by atoms with Gasteiger partial charge in [-0.05, 0) is 74.2 Å². The van der Waals surface area contributed by atoms with Crippen molar-refractivity contribution < 1.29 is 39.1 Å². The number of piperidine rings is 1. The number of likely N-dealkylation sites (N-methyl/N-ethyl adjacent to an activating group) is 1. The van der Waals surface area contributed by atoms with Gasteiger partial charge in [-0.1, -0.05) is 44.2 Å². The number of methoxy groups -OCH3 is 3. The number of benzene rings is 2. The van der Waals surface area contributed by atoms with Gasteiger partial charge in [-0.15, -0.1) is 0 Å². The van der Waals surface area contributed by atoms with Crippen LogP contribution in [0.2, 0.25) is 0 Å². The summed E-state index contributed by atoms with van der Waals surface area (Å²) in [6.45, 7) is 7.41. The van der Waals surface area contributed by atoms with Gasteiger partial charge in [0.25, 0.3) is 0 Å². The number of aliphatic hydroxyl groups is 3. The van der Waals surface area contributed by atoms with Gasteiger partial charge in [0.05, 0.1) is 33.0 Å². The van der Waals surface area contributed by atoms with Gasteiger partial charge in [0, 0.05) is 84.0 Å². The maximum Gasteiger partial charge on any atom is 0.342 e. The molecule has 10 atom stereocenters. The number of aromatic amines is 1. The lowest BCUT2D eigenvalue weighted by Crippen LogP contribution is -2.80. The van der Waals surface area contributed by atoms with Crippen molar-refractivity contribution in [2.75, 3.05) is 66.0 Å². The SMILES string of the molecule is CC[C@]1(O)C[C@@H]2CN(CCc3c([nH]c4ccccc34)[C@@](C(=O)OC)(c3cc4c(cc3OC)N(C)C3C45CCN4CC=C[C@](CC)(C45)[C@@H](O)C3(O)C(=O)OC)C2)C1. The number of anilines is 1. The lowest BCUT2D eigenvalue weighted by Gasteiger charge is -2.63. The molecule has 0 radical (unpaired) electrons. The molecule has 1 spiro atoms. The number of carbonyl (C=O) groups excluding carboxylic acids is 2. The smallest absolute Gasteiger partial charge is 0.342 e. The standard InChI is InChI=1S/C44H56N4O8/c1-7-40(52)22-26-23-43(38(50)55-5,34-28(14-18-47(24-26)25-40)27-12-9-10-13-31(27)45-34)30-20-29-32(21-33(30)54-4)46(3)36-42(29)16-19-48-17-11-15-41(8-2,35(42)48)37(49)44(36,53)39(51)56-6/h9-13,15,20-21,26,35-37,45,49,52-53H,7-8,14,16-19,22-25H2,1-6H3/t26-,35?,36?,37+,40-,41+,42?,43-,44?/m0/s1. The molecule has 1 aliphatic carbocycles. The maximum atomic E-state index is 15.2. The number of aromatic nitrogens is 1. The van der Waals surface area contributed by atoms with Crippen LogP contribution >= 0.6 is 0 Å². The first kappa shape index (κ1) is 37.6. The molecule has 2 aromatic carbocycles. The van der Waals surface area contributed by atoms with E-state index in [1.165, 1.54) is 14.2 Å². The first-order valence-electron chi connectivity index (χ1n) is 20.3. The fourth-order valence-corrected chi connectivity index (χ4v) is 13.2. The predicted octanol–water partition coefficient (Wildman–Crippen LogP) is 3.42. The summed E-state index contributed by atoms with van der Waals surface area (Å²) in [6.07, 6.45) is 5.82. The Bertz CT molecular complexity index is 2140. The average molecular weight is 769 g/mol. The highest BCUT2D eigenvalue weighted by Gasteiger charge is 2.79. The van der Waals surface area contributed by atoms with Gasteiger partial charge in [-0.25, -0.2) is 4.79 Å². The van der Waals surface area contributed by atoms with Gasteiger partial charge >= 0.3 is 11.9 Å². The summed E-state index contributed by atoms with van der Waals surface area (Å²) in [7, 11) is 6.17. The third kappa shape index (κ3) is 4.59. The Morgan fingerprint density at radius 2 is 1.73 bits per heavy atom. The molecule has 6 heterocycles. The summed E-state index contributed by atoms with van der Waals surface area (Å²) in [6, 6.07) is 11.1. The van der Waals surface area contributed by atoms with Crippen LogP contribution in [0.3, 0.4) is 0 Å². The first-order chi connectivity index (χ1) is 26.8. The van der Waals surface area contributed by atoms with E-state index in [0.717, 1.165) is 46.5 Å². The molecule has 300 valence electrons. The number of nitrogens with one attached hydrogen (secondary N) is 1. The van der Waals surface area contributed by atoms with Gasteiger partial charge in [0.15, 0.2) is 0 Å². The zero-order valence-electron chi connectivity index (χ0n) is 33.4. The highest BCUT2D eigenvalue weighted by molar-refractivity contribution is 5.95. The van der Waals surface area contributed by atoms with Crippen molar-refractivity contribution in [2.24, 2.45) is 11.3 Å². The van der Waals surface area contributed by atoms with Gasteiger partial charge < -0.3 is 39.4 Å². The second kappa shape index (κ2) is 12.8. The number of hydrogen-bond acceptors (Lipinski definition) is 11. The quantitative estimate of drug-likeness (QED) is 0.216. The van der Waals surface area contributed by atoms with E-state index >= 15 is 4.79 Å². The summed E-state index contributed by atoms with van der Waals surface area (Å²) >= 11 is 0. The van der Waals surface area contributed by atoms with Crippen LogP contribution in [0.1, 0.15) is 68.3 Å². The monoisotopic (exact) mass is 768 g/mol. The van der Waals surface area contributed by atoms with Crippen LogP contribution in [-0.4, -0.2) is 133 Å². The molecule has 9 rings (SSSR count). The summed E-state index contributed by atoms with van der Waals surface area (Å²) in [5.41, 5.74) is -1.43. The van der Waals surface area contributed by atoms with Crippen LogP contribution in [0.25, 0.3) is 10.9 Å². The molecule has 12 heteroatoms. The van der Waals surface area contributed by atoms with Crippen LogP contribution in [0.4, 0.5) is 5.69 Å². The van der Waals surface area contributed by atoms with Crippen LogP contribution in [0.5, 0.6) is 5.75 Å². The summed E-state index contributed by atoms with van der Waals surface area (Å²) in [5, 5.41) is 38.3. The molecule has 4 N–H and O–H groups in total. The lowest BCUT2D eigenvalue weighted by atomic mass is 9.47. The molecule has 2 bridgehead atoms. The molecule has 3 aromatic rings. The fourth-order valence-electron chi connectivity index (χ4n) is 13.2. The second-order valence-corrected chi connectivity index (χ2v) is 17.6. The molecule has 2 saturated heterocycles. The zero-order valence-corrected chi connectivity index (χ0v) is 33.4. The molecular weight excluding hydrogens is 713 g/mol. The molecular formula is C44H56N4O8. The van der Waals surface area contributed by atoms with Crippen LogP contribution in [-0.2, 0) is 36.3 Å². The number of carbonyl (C=O) groups is 2. The van der Waals surface area contributed by atoms with Crippen molar-refractivity contribution in [3.63, 3.8) is 0 Å². The number of nitrogens with zero attached hydrogens (tertiary/aromatic N) is 3. The Labute approximate surface area is 328 Å². The van der Waals surface area contributed by atoms with E-state index in [0.29, 0.717) is 69.5 Å². The van der Waals surface area contributed by atoms with E-state index in [4.69, 9.17) is 14.2 Å². The lowest BCUT2D eigenvalue weighted by molar-refractivity contribution is -0.218. The van der Waals surface area contributed by atoms with Crippen molar-refractivity contribution in [3.8, 4) is 5.75 Å². The minimum absolute atomic E-state index is 0.0795. The number of H-pyrrole nitrogens is 1. The van der Waals surface area contributed by atoms with E-state index in [-0.39, 0.29) is 12.0 Å². The first-order valence-corrected chi connectivity index (χ1v) is 20.3. The summed E-state index contributed by atoms with van der Waals surface area (Å²) in [4.78, 5) is 39.7. The molecule has 56 heavy (non-hydrogen) atoms. The van der Waals surface area contributed by atoms with Crippen LogP contribution in [0, 0.1) is 11.3 Å². The van der Waals surface area contributed by atoms with Crippen LogP contribution < -0.4 is 9.64 Å². The normalized spacial score (nSPS) is 38.4. The van der Waals surface area contributed by atoms with Crippen LogP contribution in [0.15, 0.2) is 48.6 Å². The van der Waals surface area contributed by atoms with Gasteiger partial charge in [-0.2, -0.15) is 0 Å². The Balaban J connectivity index is 1.36. The number of aliphatic hydroxyl groups excluding tert-OH is 1. The van der Waals surface area contributed by atoms with Gasteiger partial charge in [0.2, 0.25) is 5.60 Å². The number of esters is 2. The van der Waals surface area contributed by atoms with E-state index < -0.39 is 51.5 Å². The third-order valence-corrected chi connectivity index (χ3v) is 15.4. The number of hydrogen-bond donors (Lipinski definition) is 4. The Morgan fingerprint density at radius 3 is 2.45 bits per heavy atom. The number of rotatable bonds is 6. The van der Waals surface area contributed by atoms with Crippen molar-refractivity contribution >= 4 is 28.5 Å². The Morgan fingerprint density at radius 1 is 0.964 bits per heavy atom. The number of ether oxygens (including phenoxy) is 3. The zero-order chi connectivity index (χ0) is 39.6. The van der Waals surface area contributed by atoms with Crippen molar-refractivity contribution in [1.29, 1.82) is 0 Å². The number of fused-ring (bicyclic) bond motifs is 6. The van der Waals surface area contributed by atoms with Crippen molar-refractivity contribution in [3.05, 3.63) is 70.9 Å². The minimum Gasteiger partial charge on any atom is -0.496 e. The number of para-hydroxylation sites is 1. The second-order valence-electron chi connectivity index (χ2n) is 17.6. The maximum absolute atomic E-state index is 15.2. The minimum atomic E-state index is -2.29. The molecule has 3 fully saturated rings. The molecule has 6 aliphatic rings. The average Bonchev–Trinajstić information content (AvgIpc) is 3.87. The fraction of sp³-hybridized carbons (Fsp3) is 0.591. The molecule has 1 saturated carbocycles. The van der Waals surface area contributed by atoms with Crippen molar-refractivity contribution in [2.45, 2.75) is 92.6 Å². The molecule has 0 amide bonds. The summed E-state index contributed by atoms with van der Waals surface area (Å²) in [5.74, 6) is -0.908. The molecule has 5 unspecified atom stereocenters. The topological polar surface area (TPSA) is 148 Å².